The Balaban J connectivity index is 2.67. The van der Waals surface area contributed by atoms with E-state index in [0.29, 0.717) is 0 Å². The van der Waals surface area contributed by atoms with Crippen LogP contribution in [0.2, 0.25) is 0 Å². The van der Waals surface area contributed by atoms with Gasteiger partial charge in [0.2, 0.25) is 5.91 Å². The Kier molecular flexibility index (Phi) is 8.61. The number of carbonyl (C=O) groups is 3. The van der Waals surface area contributed by atoms with Crippen LogP contribution in [0.4, 0.5) is 4.79 Å². The lowest BCUT2D eigenvalue weighted by molar-refractivity contribution is -0.146. The van der Waals surface area contributed by atoms with E-state index in [0.717, 1.165) is 5.56 Å². The Morgan fingerprint density at radius 1 is 0.923 bits per heavy atom. The van der Waals surface area contributed by atoms with Crippen molar-refractivity contribution in [3.63, 3.8) is 0 Å². The normalized spacial score (nSPS) is 13.0. The van der Waals surface area contributed by atoms with E-state index in [4.69, 9.17) is 9.47 Å². The monoisotopic (exact) mass is 364 g/mol. The first kappa shape index (κ1) is 21.5. The van der Waals surface area contributed by atoms with E-state index in [-0.39, 0.29) is 18.4 Å². The highest BCUT2D eigenvalue weighted by Crippen LogP contribution is 2.08. The molecule has 0 unspecified atom stereocenters. The number of esters is 1. The van der Waals surface area contributed by atoms with Crippen molar-refractivity contribution < 1.29 is 23.9 Å². The molecule has 7 heteroatoms. The molecule has 0 spiro atoms. The molecule has 1 aromatic carbocycles. The molecule has 0 heterocycles. The Morgan fingerprint density at radius 3 is 2.00 bits per heavy atom. The molecule has 0 saturated carbocycles. The van der Waals surface area contributed by atoms with Crippen LogP contribution in [-0.2, 0) is 25.7 Å². The van der Waals surface area contributed by atoms with Gasteiger partial charge in [0.15, 0.2) is 0 Å². The molecule has 1 aromatic rings. The standard InChI is InChI=1S/C19H28N2O5/c1-12(2)15(17(22)20-16(13(3)4)18(23)25-5)21-19(24)26-11-14-9-7-6-8-10-14/h6-10,12-13,15-16H,11H2,1-5H3,(H,20,22)(H,21,24)/t15-,16+/m0/s1. The minimum absolute atomic E-state index is 0.107. The number of carbonyl (C=O) groups excluding carboxylic acids is 3. The first-order valence-corrected chi connectivity index (χ1v) is 8.61. The minimum atomic E-state index is -0.829. The van der Waals surface area contributed by atoms with Gasteiger partial charge in [-0.2, -0.15) is 0 Å². The predicted octanol–water partition coefficient (Wildman–Crippen LogP) is 2.25. The number of rotatable bonds is 8. The van der Waals surface area contributed by atoms with Gasteiger partial charge in [0.25, 0.3) is 0 Å². The van der Waals surface area contributed by atoms with E-state index in [1.54, 1.807) is 27.7 Å². The second-order valence-corrected chi connectivity index (χ2v) is 6.68. The Bertz CT molecular complexity index is 601. The van der Waals surface area contributed by atoms with Crippen molar-refractivity contribution in [2.75, 3.05) is 7.11 Å². The quantitative estimate of drug-likeness (QED) is 0.690. The molecule has 0 aliphatic rings. The zero-order valence-electron chi connectivity index (χ0n) is 15.9. The number of alkyl carbamates (subject to hydrolysis) is 1. The molecule has 2 atom stereocenters. The van der Waals surface area contributed by atoms with Gasteiger partial charge in [-0.1, -0.05) is 58.0 Å². The van der Waals surface area contributed by atoms with Gasteiger partial charge < -0.3 is 20.1 Å². The van der Waals surface area contributed by atoms with Gasteiger partial charge in [-0.3, -0.25) is 4.79 Å². The van der Waals surface area contributed by atoms with Gasteiger partial charge in [-0.25, -0.2) is 9.59 Å². The maximum atomic E-state index is 12.5. The number of ether oxygens (including phenoxy) is 2. The summed E-state index contributed by atoms with van der Waals surface area (Å²) >= 11 is 0. The third kappa shape index (κ3) is 6.74. The summed E-state index contributed by atoms with van der Waals surface area (Å²) in [6, 6.07) is 7.63. The molecule has 2 N–H and O–H groups in total. The first-order chi connectivity index (χ1) is 12.3. The van der Waals surface area contributed by atoms with Crippen LogP contribution in [0.15, 0.2) is 30.3 Å². The number of amides is 2. The zero-order valence-corrected chi connectivity index (χ0v) is 15.9. The second kappa shape index (κ2) is 10.4. The molecule has 0 aliphatic carbocycles. The third-order valence-corrected chi connectivity index (χ3v) is 3.85. The SMILES string of the molecule is COC(=O)[C@H](NC(=O)[C@@H](NC(=O)OCc1ccccc1)C(C)C)C(C)C. The van der Waals surface area contributed by atoms with Crippen molar-refractivity contribution in [1.29, 1.82) is 0 Å². The zero-order chi connectivity index (χ0) is 19.7. The van der Waals surface area contributed by atoms with Gasteiger partial charge in [-0.15, -0.1) is 0 Å². The van der Waals surface area contributed by atoms with Gasteiger partial charge in [-0.05, 0) is 17.4 Å². The molecule has 0 aromatic heterocycles. The van der Waals surface area contributed by atoms with Crippen LogP contribution in [0.25, 0.3) is 0 Å². The Labute approximate surface area is 154 Å². The lowest BCUT2D eigenvalue weighted by atomic mass is 10.0. The molecule has 144 valence electrons. The van der Waals surface area contributed by atoms with Crippen LogP contribution in [0.3, 0.4) is 0 Å². The lowest BCUT2D eigenvalue weighted by Gasteiger charge is -2.25. The summed E-state index contributed by atoms with van der Waals surface area (Å²) < 4.78 is 9.88. The molecule has 0 radical (unpaired) electrons. The van der Waals surface area contributed by atoms with E-state index in [1.165, 1.54) is 7.11 Å². The summed E-state index contributed by atoms with van der Waals surface area (Å²) in [4.78, 5) is 36.4. The van der Waals surface area contributed by atoms with Crippen LogP contribution in [-0.4, -0.2) is 37.2 Å². The van der Waals surface area contributed by atoms with Gasteiger partial charge in [0.05, 0.1) is 7.11 Å². The summed E-state index contributed by atoms with van der Waals surface area (Å²) in [5.41, 5.74) is 0.846. The van der Waals surface area contributed by atoms with Crippen LogP contribution in [0.5, 0.6) is 0 Å². The molecule has 26 heavy (non-hydrogen) atoms. The number of hydrogen-bond donors (Lipinski definition) is 2. The molecule has 0 bridgehead atoms. The molecule has 7 nitrogen and oxygen atoms in total. The number of nitrogens with one attached hydrogen (secondary N) is 2. The average Bonchev–Trinajstić information content (AvgIpc) is 2.61. The van der Waals surface area contributed by atoms with Crippen molar-refractivity contribution >= 4 is 18.0 Å². The topological polar surface area (TPSA) is 93.7 Å². The lowest BCUT2D eigenvalue weighted by Crippen LogP contribution is -2.55. The van der Waals surface area contributed by atoms with Crippen molar-refractivity contribution in [1.82, 2.24) is 10.6 Å². The fourth-order valence-corrected chi connectivity index (χ4v) is 2.29. The van der Waals surface area contributed by atoms with Gasteiger partial charge in [0, 0.05) is 0 Å². The maximum Gasteiger partial charge on any atom is 0.408 e. The minimum Gasteiger partial charge on any atom is -0.467 e. The third-order valence-electron chi connectivity index (χ3n) is 3.85. The number of benzene rings is 1. The van der Waals surface area contributed by atoms with Gasteiger partial charge >= 0.3 is 12.1 Å². The van der Waals surface area contributed by atoms with Crippen molar-refractivity contribution in [3.05, 3.63) is 35.9 Å². The van der Waals surface area contributed by atoms with Crippen LogP contribution < -0.4 is 10.6 Å². The second-order valence-electron chi connectivity index (χ2n) is 6.68. The molecule has 1 rings (SSSR count). The largest absolute Gasteiger partial charge is 0.467 e. The number of methoxy groups -OCH3 is 1. The summed E-state index contributed by atoms with van der Waals surface area (Å²) in [6.07, 6.45) is -0.693. The smallest absolute Gasteiger partial charge is 0.408 e. The molecule has 0 saturated heterocycles. The average molecular weight is 364 g/mol. The molecular formula is C19H28N2O5. The fraction of sp³-hybridized carbons (Fsp3) is 0.526. The van der Waals surface area contributed by atoms with E-state index in [2.05, 4.69) is 10.6 Å². The van der Waals surface area contributed by atoms with Gasteiger partial charge in [0.1, 0.15) is 18.7 Å². The summed E-state index contributed by atoms with van der Waals surface area (Å²) in [5.74, 6) is -1.32. The molecule has 2 amide bonds. The number of hydrogen-bond acceptors (Lipinski definition) is 5. The van der Waals surface area contributed by atoms with Crippen LogP contribution in [0, 0.1) is 11.8 Å². The van der Waals surface area contributed by atoms with E-state index in [9.17, 15) is 14.4 Å². The highest BCUT2D eigenvalue weighted by atomic mass is 16.5. The predicted molar refractivity (Wildman–Crippen MR) is 97.2 cm³/mol. The van der Waals surface area contributed by atoms with E-state index >= 15 is 0 Å². The van der Waals surface area contributed by atoms with E-state index < -0.39 is 30.1 Å². The van der Waals surface area contributed by atoms with Crippen LogP contribution in [0.1, 0.15) is 33.3 Å². The van der Waals surface area contributed by atoms with Crippen LogP contribution >= 0.6 is 0 Å². The highest BCUT2D eigenvalue weighted by Gasteiger charge is 2.31. The maximum absolute atomic E-state index is 12.5. The highest BCUT2D eigenvalue weighted by molar-refractivity contribution is 5.89. The molecule has 0 fully saturated rings. The van der Waals surface area contributed by atoms with Crippen molar-refractivity contribution in [3.8, 4) is 0 Å². The molecule has 0 aliphatic heterocycles. The van der Waals surface area contributed by atoms with E-state index in [1.807, 2.05) is 30.3 Å². The Morgan fingerprint density at radius 2 is 1.50 bits per heavy atom. The molecular weight excluding hydrogens is 336 g/mol. The summed E-state index contributed by atoms with van der Waals surface area (Å²) in [6.45, 7) is 7.30. The van der Waals surface area contributed by atoms with Crippen molar-refractivity contribution in [2.24, 2.45) is 11.8 Å². The first-order valence-electron chi connectivity index (χ1n) is 8.61. The summed E-state index contributed by atoms with van der Waals surface area (Å²) in [7, 11) is 1.27. The van der Waals surface area contributed by atoms with Crippen molar-refractivity contribution in [2.45, 2.75) is 46.4 Å². The Hall–Kier alpha value is -2.57. The summed E-state index contributed by atoms with van der Waals surface area (Å²) in [5, 5.41) is 5.21. The fourth-order valence-electron chi connectivity index (χ4n) is 2.29.